The van der Waals surface area contributed by atoms with Crippen LogP contribution in [0.4, 0.5) is 0 Å². The average molecular weight is 397 g/mol. The Bertz CT molecular complexity index is 782. The molecule has 4 N–H and O–H groups in total. The van der Waals surface area contributed by atoms with Gasteiger partial charge in [0, 0.05) is 5.56 Å². The monoisotopic (exact) mass is 396 g/mol. The second-order valence-corrected chi connectivity index (χ2v) is 6.57. The highest BCUT2D eigenvalue weighted by molar-refractivity contribution is 6.32. The quantitative estimate of drug-likeness (QED) is 0.601. The minimum atomic E-state index is -1.52. The van der Waals surface area contributed by atoms with Crippen LogP contribution in [0.3, 0.4) is 0 Å². The average Bonchev–Trinajstić information content (AvgIpc) is 2.69. The molecule has 0 saturated carbocycles. The summed E-state index contributed by atoms with van der Waals surface area (Å²) in [5, 5.41) is 39.2. The molecule has 0 amide bonds. The first-order valence-corrected chi connectivity index (χ1v) is 8.74. The molecule has 3 rings (SSSR count). The zero-order chi connectivity index (χ0) is 19.6. The Morgan fingerprint density at radius 2 is 1.74 bits per heavy atom. The zero-order valence-corrected chi connectivity index (χ0v) is 15.3. The highest BCUT2D eigenvalue weighted by atomic mass is 35.5. The van der Waals surface area contributed by atoms with Crippen molar-refractivity contribution in [1.82, 2.24) is 0 Å². The van der Waals surface area contributed by atoms with Gasteiger partial charge in [-0.15, -0.1) is 0 Å². The predicted molar refractivity (Wildman–Crippen MR) is 97.8 cm³/mol. The summed E-state index contributed by atoms with van der Waals surface area (Å²) in [6.07, 6.45) is -6.83. The Morgan fingerprint density at radius 1 is 1.00 bits per heavy atom. The van der Waals surface area contributed by atoms with E-state index < -0.39 is 37.3 Å². The molecule has 8 heteroatoms. The van der Waals surface area contributed by atoms with Crippen molar-refractivity contribution in [2.24, 2.45) is 0 Å². The predicted octanol–water partition coefficient (Wildman–Crippen LogP) is 1.19. The topological polar surface area (TPSA) is 109 Å². The van der Waals surface area contributed by atoms with Gasteiger partial charge in [-0.25, -0.2) is 0 Å². The molecule has 0 radical (unpaired) electrons. The van der Waals surface area contributed by atoms with Crippen molar-refractivity contribution in [2.75, 3.05) is 13.7 Å². The van der Waals surface area contributed by atoms with Crippen molar-refractivity contribution < 1.29 is 34.6 Å². The molecule has 1 heterocycles. The van der Waals surface area contributed by atoms with Gasteiger partial charge in [0.15, 0.2) is 0 Å². The third kappa shape index (κ3) is 4.03. The minimum Gasteiger partial charge on any atom is -0.496 e. The van der Waals surface area contributed by atoms with E-state index in [4.69, 9.17) is 25.8 Å². The second-order valence-electron chi connectivity index (χ2n) is 6.16. The number of methoxy groups -OCH3 is 1. The van der Waals surface area contributed by atoms with Gasteiger partial charge in [0.05, 0.1) is 18.7 Å². The maximum absolute atomic E-state index is 10.1. The molecule has 0 spiro atoms. The number of aliphatic hydroxyl groups is 4. The van der Waals surface area contributed by atoms with Crippen molar-refractivity contribution in [3.63, 3.8) is 0 Å². The highest BCUT2D eigenvalue weighted by Crippen LogP contribution is 2.36. The third-order valence-corrected chi connectivity index (χ3v) is 4.74. The summed E-state index contributed by atoms with van der Waals surface area (Å²) in [5.41, 5.74) is 1.65. The lowest BCUT2D eigenvalue weighted by atomic mass is 9.99. The Kier molecular flexibility index (Phi) is 6.21. The van der Waals surface area contributed by atoms with Crippen LogP contribution in [0.5, 0.6) is 11.5 Å². The van der Waals surface area contributed by atoms with Gasteiger partial charge >= 0.3 is 0 Å². The molecule has 0 aromatic heterocycles. The minimum absolute atomic E-state index is 0.222. The van der Waals surface area contributed by atoms with E-state index in [0.717, 1.165) is 11.1 Å². The van der Waals surface area contributed by atoms with Gasteiger partial charge in [0.1, 0.15) is 35.9 Å². The number of ether oxygens (including phenoxy) is 3. The summed E-state index contributed by atoms with van der Waals surface area (Å²) < 4.78 is 16.3. The molecule has 0 bridgehead atoms. The number of rotatable bonds is 5. The lowest BCUT2D eigenvalue weighted by Gasteiger charge is -2.39. The number of benzene rings is 2. The van der Waals surface area contributed by atoms with E-state index in [1.807, 2.05) is 24.3 Å². The van der Waals surface area contributed by atoms with Crippen molar-refractivity contribution >= 4 is 11.6 Å². The molecule has 2 aromatic rings. The van der Waals surface area contributed by atoms with Crippen LogP contribution < -0.4 is 9.47 Å². The SMILES string of the molecule is COc1ccccc1-c1ccc(O[C@H]2O[C@H](CO)[C@@H](O)[C@H](O)[C@@H]2O)c(Cl)c1. The summed E-state index contributed by atoms with van der Waals surface area (Å²) in [5.74, 6) is 0.913. The largest absolute Gasteiger partial charge is 0.496 e. The highest BCUT2D eigenvalue weighted by Gasteiger charge is 2.44. The van der Waals surface area contributed by atoms with Crippen LogP contribution in [0.2, 0.25) is 5.02 Å². The molecule has 27 heavy (non-hydrogen) atoms. The summed E-state index contributed by atoms with van der Waals surface area (Å²) in [6.45, 7) is -0.536. The van der Waals surface area contributed by atoms with Crippen molar-refractivity contribution in [3.8, 4) is 22.6 Å². The number of hydrogen-bond acceptors (Lipinski definition) is 7. The van der Waals surface area contributed by atoms with Crippen LogP contribution in [-0.4, -0.2) is 64.8 Å². The summed E-state index contributed by atoms with van der Waals surface area (Å²) in [7, 11) is 1.58. The zero-order valence-electron chi connectivity index (χ0n) is 14.5. The smallest absolute Gasteiger partial charge is 0.229 e. The number of halogens is 1. The molecule has 146 valence electrons. The van der Waals surface area contributed by atoms with Gasteiger partial charge in [-0.2, -0.15) is 0 Å². The Morgan fingerprint density at radius 3 is 2.41 bits per heavy atom. The van der Waals surface area contributed by atoms with E-state index in [1.165, 1.54) is 0 Å². The molecule has 7 nitrogen and oxygen atoms in total. The maximum atomic E-state index is 10.1. The first-order chi connectivity index (χ1) is 13.0. The molecule has 5 atom stereocenters. The first kappa shape index (κ1) is 19.9. The van der Waals surface area contributed by atoms with Gasteiger partial charge in [-0.3, -0.25) is 0 Å². The second kappa shape index (κ2) is 8.43. The fraction of sp³-hybridized carbons (Fsp3) is 0.368. The van der Waals surface area contributed by atoms with Crippen LogP contribution in [0, 0.1) is 0 Å². The van der Waals surface area contributed by atoms with E-state index in [1.54, 1.807) is 25.3 Å². The van der Waals surface area contributed by atoms with Gasteiger partial charge in [0.25, 0.3) is 0 Å². The van der Waals surface area contributed by atoms with Crippen LogP contribution in [0.1, 0.15) is 0 Å². The van der Waals surface area contributed by atoms with Gasteiger partial charge in [-0.1, -0.05) is 35.9 Å². The normalized spacial score (nSPS) is 28.0. The van der Waals surface area contributed by atoms with Gasteiger partial charge in [0.2, 0.25) is 6.29 Å². The standard InChI is InChI=1S/C19H21ClO7/c1-25-13-5-3-2-4-11(13)10-6-7-14(12(20)8-10)26-19-18(24)17(23)16(22)15(9-21)27-19/h2-8,15-19,21-24H,9H2,1H3/t15-,16-,17+,18+,19+/m1/s1. The summed E-state index contributed by atoms with van der Waals surface area (Å²) in [6, 6.07) is 12.5. The summed E-state index contributed by atoms with van der Waals surface area (Å²) >= 11 is 6.31. The van der Waals surface area contributed by atoms with Crippen LogP contribution in [-0.2, 0) is 4.74 Å². The number of hydrogen-bond donors (Lipinski definition) is 4. The Balaban J connectivity index is 1.82. The molecule has 2 aromatic carbocycles. The third-order valence-electron chi connectivity index (χ3n) is 4.44. The molecule has 1 fully saturated rings. The van der Waals surface area contributed by atoms with E-state index in [-0.39, 0.29) is 10.8 Å². The molecule has 0 unspecified atom stereocenters. The van der Waals surface area contributed by atoms with Crippen LogP contribution in [0.25, 0.3) is 11.1 Å². The molecule has 0 aliphatic carbocycles. The molecular weight excluding hydrogens is 376 g/mol. The fourth-order valence-corrected chi connectivity index (χ4v) is 3.16. The number of para-hydroxylation sites is 1. The molecule has 1 saturated heterocycles. The van der Waals surface area contributed by atoms with Crippen LogP contribution >= 0.6 is 11.6 Å². The van der Waals surface area contributed by atoms with E-state index in [0.29, 0.717) is 5.75 Å². The van der Waals surface area contributed by atoms with E-state index >= 15 is 0 Å². The van der Waals surface area contributed by atoms with Crippen molar-refractivity contribution in [2.45, 2.75) is 30.7 Å². The van der Waals surface area contributed by atoms with E-state index in [2.05, 4.69) is 0 Å². The molecule has 1 aliphatic rings. The van der Waals surface area contributed by atoms with Crippen molar-refractivity contribution in [3.05, 3.63) is 47.5 Å². The Hall–Kier alpha value is -1.87. The van der Waals surface area contributed by atoms with Gasteiger partial charge in [-0.05, 0) is 23.8 Å². The summed E-state index contributed by atoms with van der Waals surface area (Å²) in [4.78, 5) is 0. The first-order valence-electron chi connectivity index (χ1n) is 8.36. The lowest BCUT2D eigenvalue weighted by molar-refractivity contribution is -0.277. The number of aliphatic hydroxyl groups excluding tert-OH is 4. The molecular formula is C19H21ClO7. The van der Waals surface area contributed by atoms with Crippen LogP contribution in [0.15, 0.2) is 42.5 Å². The maximum Gasteiger partial charge on any atom is 0.229 e. The fourth-order valence-electron chi connectivity index (χ4n) is 2.94. The lowest BCUT2D eigenvalue weighted by Crippen LogP contribution is -2.60. The molecule has 1 aliphatic heterocycles. The van der Waals surface area contributed by atoms with E-state index in [9.17, 15) is 20.4 Å². The van der Waals surface area contributed by atoms with Crippen molar-refractivity contribution in [1.29, 1.82) is 0 Å². The van der Waals surface area contributed by atoms with Gasteiger partial charge < -0.3 is 34.6 Å². The Labute approximate surface area is 161 Å².